The van der Waals surface area contributed by atoms with E-state index in [0.29, 0.717) is 25.4 Å². The summed E-state index contributed by atoms with van der Waals surface area (Å²) >= 11 is 0. The van der Waals surface area contributed by atoms with Crippen LogP contribution in [0.25, 0.3) is 0 Å². The average molecular weight is 227 g/mol. The van der Waals surface area contributed by atoms with Gasteiger partial charge in [0.25, 0.3) is 0 Å². The first-order chi connectivity index (χ1) is 7.50. The highest BCUT2D eigenvalue weighted by molar-refractivity contribution is 5.77. The van der Waals surface area contributed by atoms with Gasteiger partial charge < -0.3 is 14.7 Å². The fourth-order valence-electron chi connectivity index (χ4n) is 2.28. The van der Waals surface area contributed by atoms with Crippen LogP contribution in [-0.2, 0) is 9.53 Å². The zero-order valence-electron chi connectivity index (χ0n) is 10.1. The molecule has 1 unspecified atom stereocenters. The van der Waals surface area contributed by atoms with Crippen molar-refractivity contribution in [2.24, 2.45) is 5.92 Å². The van der Waals surface area contributed by atoms with Gasteiger partial charge in [-0.1, -0.05) is 0 Å². The van der Waals surface area contributed by atoms with E-state index in [1.807, 2.05) is 18.7 Å². The highest BCUT2D eigenvalue weighted by atomic mass is 16.5. The quantitative estimate of drug-likeness (QED) is 0.775. The lowest BCUT2D eigenvalue weighted by atomic mass is 10.0. The van der Waals surface area contributed by atoms with Crippen LogP contribution in [0.3, 0.4) is 0 Å². The minimum absolute atomic E-state index is 0.0172. The summed E-state index contributed by atoms with van der Waals surface area (Å²) < 4.78 is 5.68. The molecule has 1 atom stereocenters. The molecule has 2 fully saturated rings. The van der Waals surface area contributed by atoms with Gasteiger partial charge in [0.15, 0.2) is 0 Å². The van der Waals surface area contributed by atoms with Crippen LogP contribution >= 0.6 is 0 Å². The van der Waals surface area contributed by atoms with Crippen molar-refractivity contribution in [1.82, 2.24) is 4.90 Å². The Morgan fingerprint density at radius 1 is 1.50 bits per heavy atom. The molecule has 0 aromatic rings. The first-order valence-corrected chi connectivity index (χ1v) is 6.06. The van der Waals surface area contributed by atoms with E-state index in [2.05, 4.69) is 0 Å². The molecule has 0 bridgehead atoms. The maximum atomic E-state index is 12.0. The minimum atomic E-state index is -0.342. The Bertz CT molecular complexity index is 273. The van der Waals surface area contributed by atoms with E-state index < -0.39 is 0 Å². The van der Waals surface area contributed by atoms with Gasteiger partial charge in [-0.2, -0.15) is 0 Å². The smallest absolute Gasteiger partial charge is 0.223 e. The lowest BCUT2D eigenvalue weighted by Crippen LogP contribution is -2.55. The maximum absolute atomic E-state index is 12.0. The van der Waals surface area contributed by atoms with Gasteiger partial charge in [0.1, 0.15) is 0 Å². The van der Waals surface area contributed by atoms with Gasteiger partial charge in [-0.25, -0.2) is 0 Å². The number of aliphatic hydroxyl groups is 1. The standard InChI is InChI=1S/C12H21NO3/c1-12(2)8-13(6-10(7-14)16-12)11(15)5-9-3-4-9/h9-10,14H,3-8H2,1-2H3. The largest absolute Gasteiger partial charge is 0.394 e. The molecule has 2 aliphatic rings. The minimum Gasteiger partial charge on any atom is -0.394 e. The third-order valence-corrected chi connectivity index (χ3v) is 3.20. The van der Waals surface area contributed by atoms with E-state index in [0.717, 1.165) is 0 Å². The summed E-state index contributed by atoms with van der Waals surface area (Å²) in [6.07, 6.45) is 2.84. The molecule has 1 N–H and O–H groups in total. The van der Waals surface area contributed by atoms with Crippen molar-refractivity contribution in [3.05, 3.63) is 0 Å². The summed E-state index contributed by atoms with van der Waals surface area (Å²) in [5, 5.41) is 9.15. The molecule has 1 heterocycles. The number of amides is 1. The van der Waals surface area contributed by atoms with Crippen molar-refractivity contribution >= 4 is 5.91 Å². The summed E-state index contributed by atoms with van der Waals surface area (Å²) in [6.45, 7) is 5.08. The lowest BCUT2D eigenvalue weighted by molar-refractivity contribution is -0.167. The molecule has 0 spiro atoms. The van der Waals surface area contributed by atoms with Gasteiger partial charge in [-0.05, 0) is 32.6 Å². The fraction of sp³-hybridized carbons (Fsp3) is 0.917. The monoisotopic (exact) mass is 227 g/mol. The lowest BCUT2D eigenvalue weighted by Gasteiger charge is -2.42. The SMILES string of the molecule is CC1(C)CN(C(=O)CC2CC2)CC(CO)O1. The molecular weight excluding hydrogens is 206 g/mol. The molecule has 1 amide bonds. The summed E-state index contributed by atoms with van der Waals surface area (Å²) in [6, 6.07) is 0. The van der Waals surface area contributed by atoms with E-state index in [1.54, 1.807) is 0 Å². The third kappa shape index (κ3) is 2.95. The molecule has 92 valence electrons. The van der Waals surface area contributed by atoms with E-state index >= 15 is 0 Å². The van der Waals surface area contributed by atoms with E-state index in [4.69, 9.17) is 9.84 Å². The Hall–Kier alpha value is -0.610. The molecule has 0 aromatic carbocycles. The highest BCUT2D eigenvalue weighted by Crippen LogP contribution is 2.33. The maximum Gasteiger partial charge on any atom is 0.223 e. The van der Waals surface area contributed by atoms with Crippen LogP contribution in [0, 0.1) is 5.92 Å². The number of ether oxygens (including phenoxy) is 1. The van der Waals surface area contributed by atoms with E-state index in [1.165, 1.54) is 12.8 Å². The van der Waals surface area contributed by atoms with Crippen LogP contribution in [0.1, 0.15) is 33.1 Å². The molecule has 4 nitrogen and oxygen atoms in total. The van der Waals surface area contributed by atoms with Gasteiger partial charge in [0.05, 0.1) is 18.3 Å². The van der Waals surface area contributed by atoms with Crippen LogP contribution in [0.2, 0.25) is 0 Å². The number of nitrogens with zero attached hydrogens (tertiary/aromatic N) is 1. The summed E-state index contributed by atoms with van der Waals surface area (Å²) in [5.74, 6) is 0.836. The number of aliphatic hydroxyl groups excluding tert-OH is 1. The van der Waals surface area contributed by atoms with Gasteiger partial charge in [0.2, 0.25) is 5.91 Å². The van der Waals surface area contributed by atoms with Crippen LogP contribution < -0.4 is 0 Å². The van der Waals surface area contributed by atoms with Crippen LogP contribution in [0.5, 0.6) is 0 Å². The Balaban J connectivity index is 1.94. The molecule has 1 saturated carbocycles. The molecule has 1 saturated heterocycles. The van der Waals surface area contributed by atoms with Crippen molar-refractivity contribution in [3.8, 4) is 0 Å². The fourth-order valence-corrected chi connectivity index (χ4v) is 2.28. The Labute approximate surface area is 96.6 Å². The second-order valence-electron chi connectivity index (χ2n) is 5.60. The van der Waals surface area contributed by atoms with Crippen molar-refractivity contribution in [3.63, 3.8) is 0 Å². The number of hydrogen-bond donors (Lipinski definition) is 1. The Morgan fingerprint density at radius 3 is 2.75 bits per heavy atom. The summed E-state index contributed by atoms with van der Waals surface area (Å²) in [5.41, 5.74) is -0.342. The zero-order valence-corrected chi connectivity index (χ0v) is 10.1. The van der Waals surface area contributed by atoms with Crippen molar-refractivity contribution < 1.29 is 14.6 Å². The van der Waals surface area contributed by atoms with Crippen LogP contribution in [0.15, 0.2) is 0 Å². The van der Waals surface area contributed by atoms with Gasteiger partial charge >= 0.3 is 0 Å². The molecule has 0 radical (unpaired) electrons. The van der Waals surface area contributed by atoms with Gasteiger partial charge in [-0.3, -0.25) is 4.79 Å². The molecule has 4 heteroatoms. The number of rotatable bonds is 3. The van der Waals surface area contributed by atoms with Gasteiger partial charge in [-0.15, -0.1) is 0 Å². The number of morpholine rings is 1. The molecular formula is C12H21NO3. The number of carbonyl (C=O) groups excluding carboxylic acids is 1. The second-order valence-corrected chi connectivity index (χ2v) is 5.60. The van der Waals surface area contributed by atoms with Crippen LogP contribution in [0.4, 0.5) is 0 Å². The van der Waals surface area contributed by atoms with E-state index in [9.17, 15) is 4.79 Å². The average Bonchev–Trinajstić information content (AvgIpc) is 2.99. The third-order valence-electron chi connectivity index (χ3n) is 3.20. The summed E-state index contributed by atoms with van der Waals surface area (Å²) in [7, 11) is 0. The first kappa shape index (κ1) is 11.9. The number of hydrogen-bond acceptors (Lipinski definition) is 3. The highest BCUT2D eigenvalue weighted by Gasteiger charge is 2.36. The first-order valence-electron chi connectivity index (χ1n) is 6.06. The zero-order chi connectivity index (χ0) is 11.8. The Kier molecular flexibility index (Phi) is 3.22. The van der Waals surface area contributed by atoms with E-state index in [-0.39, 0.29) is 24.2 Å². The molecule has 1 aliphatic heterocycles. The van der Waals surface area contributed by atoms with Crippen molar-refractivity contribution in [2.45, 2.75) is 44.8 Å². The van der Waals surface area contributed by atoms with Crippen molar-refractivity contribution in [1.29, 1.82) is 0 Å². The Morgan fingerprint density at radius 2 is 2.19 bits per heavy atom. The molecule has 1 aliphatic carbocycles. The molecule has 0 aromatic heterocycles. The second kappa shape index (κ2) is 4.34. The predicted molar refractivity (Wildman–Crippen MR) is 60.0 cm³/mol. The van der Waals surface area contributed by atoms with Gasteiger partial charge in [0, 0.05) is 19.5 Å². The van der Waals surface area contributed by atoms with Crippen molar-refractivity contribution in [2.75, 3.05) is 19.7 Å². The summed E-state index contributed by atoms with van der Waals surface area (Å²) in [4.78, 5) is 13.8. The van der Waals surface area contributed by atoms with Crippen LogP contribution in [-0.4, -0.2) is 47.3 Å². The molecule has 16 heavy (non-hydrogen) atoms. The topological polar surface area (TPSA) is 49.8 Å². The molecule has 2 rings (SSSR count). The number of carbonyl (C=O) groups is 1. The normalized spacial score (nSPS) is 29.2. The predicted octanol–water partition coefficient (Wildman–Crippen LogP) is 0.785.